The summed E-state index contributed by atoms with van der Waals surface area (Å²) in [5.74, 6) is -1.00. The summed E-state index contributed by atoms with van der Waals surface area (Å²) < 4.78 is 41.9. The highest BCUT2D eigenvalue weighted by Gasteiger charge is 2.16. The van der Waals surface area contributed by atoms with E-state index in [4.69, 9.17) is 22.1 Å². The Labute approximate surface area is 199 Å². The molecule has 33 heavy (non-hydrogen) atoms. The molecule has 3 aromatic carbocycles. The normalized spacial score (nSPS) is 11.1. The van der Waals surface area contributed by atoms with Gasteiger partial charge in [-0.1, -0.05) is 17.7 Å². The van der Waals surface area contributed by atoms with E-state index < -0.39 is 11.6 Å². The van der Waals surface area contributed by atoms with E-state index in [1.807, 2.05) is 18.2 Å². The van der Waals surface area contributed by atoms with Gasteiger partial charge in [0.15, 0.2) is 17.4 Å². The van der Waals surface area contributed by atoms with Gasteiger partial charge < -0.3 is 15.2 Å². The lowest BCUT2D eigenvalue weighted by molar-refractivity contribution is 0.434. The Morgan fingerprint density at radius 2 is 1.94 bits per heavy atom. The molecule has 0 atom stereocenters. The lowest BCUT2D eigenvalue weighted by Crippen LogP contribution is -1.95. The van der Waals surface area contributed by atoms with Gasteiger partial charge in [-0.2, -0.15) is 9.47 Å². The molecule has 0 saturated carbocycles. The maximum atomic E-state index is 14.8. The first-order chi connectivity index (χ1) is 16.0. The van der Waals surface area contributed by atoms with Crippen LogP contribution in [0.15, 0.2) is 59.8 Å². The molecular formula is C21H13ClF2N6OS2. The summed E-state index contributed by atoms with van der Waals surface area (Å²) >= 11 is 8.19. The fourth-order valence-corrected chi connectivity index (χ4v) is 4.42. The van der Waals surface area contributed by atoms with Crippen LogP contribution >= 0.6 is 35.1 Å². The van der Waals surface area contributed by atoms with Crippen molar-refractivity contribution in [1.29, 1.82) is 0 Å². The number of fused-ring (bicyclic) bond motifs is 1. The first kappa shape index (κ1) is 21.4. The number of nitrogens with two attached hydrogens (primary N) is 1. The van der Waals surface area contributed by atoms with Gasteiger partial charge in [0, 0.05) is 33.6 Å². The van der Waals surface area contributed by atoms with Crippen LogP contribution in [0.4, 0.5) is 19.7 Å². The lowest BCUT2D eigenvalue weighted by atomic mass is 10.0. The molecule has 2 heterocycles. The van der Waals surface area contributed by atoms with Gasteiger partial charge in [-0.3, -0.25) is 5.10 Å². The molecular weight excluding hydrogens is 490 g/mol. The van der Waals surface area contributed by atoms with Crippen molar-refractivity contribution in [1.82, 2.24) is 19.6 Å². The van der Waals surface area contributed by atoms with E-state index in [-0.39, 0.29) is 10.6 Å². The Morgan fingerprint density at radius 3 is 2.76 bits per heavy atom. The van der Waals surface area contributed by atoms with Gasteiger partial charge in [-0.15, -0.1) is 0 Å². The maximum absolute atomic E-state index is 14.8. The third-order valence-electron chi connectivity index (χ3n) is 4.66. The van der Waals surface area contributed by atoms with Gasteiger partial charge in [-0.25, -0.2) is 13.8 Å². The molecule has 0 saturated heterocycles. The number of nitrogens with zero attached hydrogens (tertiary/aromatic N) is 3. The van der Waals surface area contributed by atoms with Crippen LogP contribution < -0.4 is 15.2 Å². The molecule has 12 heteroatoms. The number of H-pyrrole nitrogens is 1. The van der Waals surface area contributed by atoms with Gasteiger partial charge >= 0.3 is 0 Å². The number of hydrogen-bond acceptors (Lipinski definition) is 8. The molecule has 4 N–H and O–H groups in total. The predicted octanol–water partition coefficient (Wildman–Crippen LogP) is 6.51. The minimum Gasteiger partial charge on any atom is -0.454 e. The van der Waals surface area contributed by atoms with Gasteiger partial charge in [0.05, 0.1) is 10.4 Å². The van der Waals surface area contributed by atoms with Crippen molar-refractivity contribution in [3.8, 4) is 22.6 Å². The van der Waals surface area contributed by atoms with Crippen LogP contribution in [0.5, 0.6) is 11.5 Å². The molecule has 5 rings (SSSR count). The summed E-state index contributed by atoms with van der Waals surface area (Å²) in [7, 11) is 0. The van der Waals surface area contributed by atoms with Crippen LogP contribution in [0, 0.1) is 11.6 Å². The molecule has 5 aromatic rings. The van der Waals surface area contributed by atoms with E-state index in [0.717, 1.165) is 52.1 Å². The SMILES string of the molecule is Nc1n[nH]c2ccc(-c3cc(Cl)ccc3Oc3cc(F)c(SNc4ncns4)cc3F)cc12. The number of halogens is 3. The molecule has 0 spiro atoms. The van der Waals surface area contributed by atoms with Crippen LogP contribution in [-0.4, -0.2) is 19.6 Å². The molecule has 166 valence electrons. The number of rotatable bonds is 6. The molecule has 0 radical (unpaired) electrons. The molecule has 2 aromatic heterocycles. The minimum absolute atomic E-state index is 0.0484. The summed E-state index contributed by atoms with van der Waals surface area (Å²) in [5, 5.41) is 8.48. The average molecular weight is 503 g/mol. The number of ether oxygens (including phenoxy) is 1. The predicted molar refractivity (Wildman–Crippen MR) is 127 cm³/mol. The number of aromatic amines is 1. The second-order valence-corrected chi connectivity index (χ2v) is 8.84. The Bertz CT molecular complexity index is 1460. The van der Waals surface area contributed by atoms with Crippen LogP contribution in [0.2, 0.25) is 5.02 Å². The van der Waals surface area contributed by atoms with Gasteiger partial charge in [0.25, 0.3) is 0 Å². The number of aromatic nitrogens is 4. The Morgan fingerprint density at radius 1 is 1.06 bits per heavy atom. The Hall–Kier alpha value is -3.41. The summed E-state index contributed by atoms with van der Waals surface area (Å²) in [4.78, 5) is 3.98. The van der Waals surface area contributed by atoms with Crippen molar-refractivity contribution in [3.05, 3.63) is 71.5 Å². The van der Waals surface area contributed by atoms with Crippen LogP contribution in [0.25, 0.3) is 22.0 Å². The number of anilines is 2. The smallest absolute Gasteiger partial charge is 0.212 e. The number of hydrogen-bond donors (Lipinski definition) is 3. The summed E-state index contributed by atoms with van der Waals surface area (Å²) in [5.41, 5.74) is 7.99. The second kappa shape index (κ2) is 8.85. The third kappa shape index (κ3) is 4.42. The highest BCUT2D eigenvalue weighted by molar-refractivity contribution is 8.00. The molecule has 0 aliphatic rings. The largest absolute Gasteiger partial charge is 0.454 e. The highest BCUT2D eigenvalue weighted by atomic mass is 35.5. The van der Waals surface area contributed by atoms with E-state index in [1.54, 1.807) is 18.2 Å². The topological polar surface area (TPSA) is 102 Å². The summed E-state index contributed by atoms with van der Waals surface area (Å²) in [6.07, 6.45) is 1.36. The number of nitrogen functional groups attached to an aromatic ring is 1. The molecule has 0 unspecified atom stereocenters. The van der Waals surface area contributed by atoms with Crippen molar-refractivity contribution in [2.75, 3.05) is 10.5 Å². The van der Waals surface area contributed by atoms with Crippen LogP contribution in [0.3, 0.4) is 0 Å². The minimum atomic E-state index is -0.728. The van der Waals surface area contributed by atoms with Crippen molar-refractivity contribution >= 4 is 56.9 Å². The van der Waals surface area contributed by atoms with E-state index in [9.17, 15) is 8.78 Å². The summed E-state index contributed by atoms with van der Waals surface area (Å²) in [6.45, 7) is 0. The molecule has 0 fully saturated rings. The van der Waals surface area contributed by atoms with E-state index >= 15 is 0 Å². The number of nitrogens with one attached hydrogen (secondary N) is 2. The third-order valence-corrected chi connectivity index (χ3v) is 6.43. The first-order valence-electron chi connectivity index (χ1n) is 9.38. The zero-order valence-electron chi connectivity index (χ0n) is 16.5. The van der Waals surface area contributed by atoms with Crippen LogP contribution in [-0.2, 0) is 0 Å². The molecule has 7 nitrogen and oxygen atoms in total. The van der Waals surface area contributed by atoms with Gasteiger partial charge in [0.1, 0.15) is 17.9 Å². The second-order valence-electron chi connectivity index (χ2n) is 6.78. The zero-order valence-corrected chi connectivity index (χ0v) is 18.9. The quantitative estimate of drug-likeness (QED) is 0.227. The van der Waals surface area contributed by atoms with Crippen LogP contribution in [0.1, 0.15) is 0 Å². The molecule has 0 aliphatic heterocycles. The summed E-state index contributed by atoms with van der Waals surface area (Å²) in [6, 6.07) is 12.4. The zero-order chi connectivity index (χ0) is 22.9. The fourth-order valence-electron chi connectivity index (χ4n) is 3.12. The standard InChI is InChI=1S/C21H13ClF2N6OS2/c22-11-2-4-17(12(6-11)10-1-3-16-13(5-10)20(25)29-28-16)31-18-7-15(24)19(8-14(18)23)32-30-21-26-9-27-33-21/h1-9H,(H3,25,28,29)(H,26,27,30). The van der Waals surface area contributed by atoms with Crippen molar-refractivity contribution in [3.63, 3.8) is 0 Å². The monoisotopic (exact) mass is 502 g/mol. The Kier molecular flexibility index (Phi) is 5.75. The molecule has 0 bridgehead atoms. The van der Waals surface area contributed by atoms with E-state index in [1.165, 1.54) is 6.33 Å². The average Bonchev–Trinajstić information content (AvgIpc) is 3.46. The Balaban J connectivity index is 1.46. The van der Waals surface area contributed by atoms with Crippen molar-refractivity contribution in [2.45, 2.75) is 4.90 Å². The van der Waals surface area contributed by atoms with Crippen molar-refractivity contribution in [2.24, 2.45) is 0 Å². The van der Waals surface area contributed by atoms with Crippen molar-refractivity contribution < 1.29 is 13.5 Å². The van der Waals surface area contributed by atoms with E-state index in [0.29, 0.717) is 27.3 Å². The maximum Gasteiger partial charge on any atom is 0.212 e. The molecule has 0 aliphatic carbocycles. The lowest BCUT2D eigenvalue weighted by Gasteiger charge is -2.14. The van der Waals surface area contributed by atoms with E-state index in [2.05, 4.69) is 24.3 Å². The number of benzene rings is 3. The first-order valence-corrected chi connectivity index (χ1v) is 11.3. The van der Waals surface area contributed by atoms with Gasteiger partial charge in [0.2, 0.25) is 5.13 Å². The highest BCUT2D eigenvalue weighted by Crippen LogP contribution is 2.39. The fraction of sp³-hybridized carbons (Fsp3) is 0. The van der Waals surface area contributed by atoms with Gasteiger partial charge in [-0.05, 0) is 53.9 Å². The molecule has 0 amide bonds.